The third-order valence-electron chi connectivity index (χ3n) is 1.92. The molecule has 0 amide bonds. The van der Waals surface area contributed by atoms with Gasteiger partial charge in [-0.25, -0.2) is 13.4 Å². The number of halogens is 3. The number of fused-ring (bicyclic) bond motifs is 1. The molecule has 1 aromatic carbocycles. The SMILES string of the molecule is O=S(=O)(c1ccc2ocnc2c1)C(F)(F)F. The Hall–Kier alpha value is -1.57. The molecule has 86 valence electrons. The number of hydrogen-bond donors (Lipinski definition) is 0. The highest BCUT2D eigenvalue weighted by molar-refractivity contribution is 7.92. The van der Waals surface area contributed by atoms with Crippen molar-refractivity contribution in [3.05, 3.63) is 24.6 Å². The average Bonchev–Trinajstić information content (AvgIpc) is 2.61. The smallest absolute Gasteiger partial charge is 0.443 e. The van der Waals surface area contributed by atoms with E-state index in [0.29, 0.717) is 0 Å². The summed E-state index contributed by atoms with van der Waals surface area (Å²) in [6.45, 7) is 0. The first-order valence-electron chi connectivity index (χ1n) is 3.97. The Morgan fingerprint density at radius 1 is 1.25 bits per heavy atom. The first kappa shape index (κ1) is 10.9. The highest BCUT2D eigenvalue weighted by atomic mass is 32.2. The summed E-state index contributed by atoms with van der Waals surface area (Å²) < 4.78 is 63.5. The minimum absolute atomic E-state index is 0.0605. The van der Waals surface area contributed by atoms with E-state index in [-0.39, 0.29) is 11.1 Å². The Bertz CT molecular complexity index is 629. The van der Waals surface area contributed by atoms with Gasteiger partial charge in [0.15, 0.2) is 12.0 Å². The highest BCUT2D eigenvalue weighted by Crippen LogP contribution is 2.31. The Morgan fingerprint density at radius 3 is 2.56 bits per heavy atom. The van der Waals surface area contributed by atoms with E-state index in [9.17, 15) is 21.6 Å². The first-order valence-corrected chi connectivity index (χ1v) is 5.45. The van der Waals surface area contributed by atoms with Gasteiger partial charge in [0.2, 0.25) is 0 Å². The van der Waals surface area contributed by atoms with Crippen LogP contribution in [0.4, 0.5) is 13.2 Å². The van der Waals surface area contributed by atoms with Gasteiger partial charge in [0.05, 0.1) is 4.90 Å². The molecule has 0 aliphatic heterocycles. The van der Waals surface area contributed by atoms with Crippen LogP contribution in [0.5, 0.6) is 0 Å². The van der Waals surface area contributed by atoms with Crippen molar-refractivity contribution >= 4 is 20.9 Å². The van der Waals surface area contributed by atoms with Gasteiger partial charge in [-0.1, -0.05) is 0 Å². The van der Waals surface area contributed by atoms with Gasteiger partial charge in [0.1, 0.15) is 5.52 Å². The van der Waals surface area contributed by atoms with Gasteiger partial charge in [0, 0.05) is 0 Å². The number of sulfone groups is 1. The van der Waals surface area contributed by atoms with Crippen LogP contribution in [0.25, 0.3) is 11.1 Å². The Morgan fingerprint density at radius 2 is 1.94 bits per heavy atom. The predicted octanol–water partition coefficient (Wildman–Crippen LogP) is 2.12. The van der Waals surface area contributed by atoms with Crippen molar-refractivity contribution in [2.45, 2.75) is 10.4 Å². The molecule has 0 atom stereocenters. The fraction of sp³-hybridized carbons (Fsp3) is 0.125. The zero-order valence-electron chi connectivity index (χ0n) is 7.52. The van der Waals surface area contributed by atoms with E-state index < -0.39 is 20.2 Å². The minimum Gasteiger partial charge on any atom is -0.443 e. The normalized spacial score (nSPS) is 13.2. The number of rotatable bonds is 1. The Balaban J connectivity index is 2.64. The summed E-state index contributed by atoms with van der Waals surface area (Å²) in [5, 5.41) is 0. The number of hydrogen-bond acceptors (Lipinski definition) is 4. The van der Waals surface area contributed by atoms with Crippen molar-refractivity contribution in [1.82, 2.24) is 4.98 Å². The van der Waals surface area contributed by atoms with E-state index in [4.69, 9.17) is 4.42 Å². The van der Waals surface area contributed by atoms with Crippen LogP contribution in [0, 0.1) is 0 Å². The molecular weight excluding hydrogens is 247 g/mol. The maximum Gasteiger partial charge on any atom is 0.501 e. The third-order valence-corrected chi connectivity index (χ3v) is 3.40. The Kier molecular flexibility index (Phi) is 2.19. The molecule has 4 nitrogen and oxygen atoms in total. The number of aromatic nitrogens is 1. The van der Waals surface area contributed by atoms with Crippen LogP contribution in [-0.4, -0.2) is 18.9 Å². The van der Waals surface area contributed by atoms with E-state index in [0.717, 1.165) is 24.6 Å². The quantitative estimate of drug-likeness (QED) is 0.778. The molecule has 0 saturated carbocycles. The van der Waals surface area contributed by atoms with Crippen LogP contribution in [0.1, 0.15) is 0 Å². The number of nitrogens with zero attached hydrogens (tertiary/aromatic N) is 1. The van der Waals surface area contributed by atoms with Crippen molar-refractivity contribution in [3.8, 4) is 0 Å². The maximum absolute atomic E-state index is 12.2. The average molecular weight is 251 g/mol. The Labute approximate surface area is 87.6 Å². The monoisotopic (exact) mass is 251 g/mol. The molecule has 8 heteroatoms. The molecule has 0 radical (unpaired) electrons. The summed E-state index contributed by atoms with van der Waals surface area (Å²) in [4.78, 5) is 2.73. The van der Waals surface area contributed by atoms with Crippen LogP contribution in [0.3, 0.4) is 0 Å². The molecule has 2 rings (SSSR count). The lowest BCUT2D eigenvalue weighted by Gasteiger charge is -2.07. The molecule has 0 unspecified atom stereocenters. The van der Waals surface area contributed by atoms with Gasteiger partial charge in [-0.3, -0.25) is 0 Å². The van der Waals surface area contributed by atoms with Crippen LogP contribution in [0.2, 0.25) is 0 Å². The maximum atomic E-state index is 12.2. The molecule has 0 N–H and O–H groups in total. The fourth-order valence-electron chi connectivity index (χ4n) is 1.14. The minimum atomic E-state index is -5.33. The predicted molar refractivity (Wildman–Crippen MR) is 47.2 cm³/mol. The lowest BCUT2D eigenvalue weighted by molar-refractivity contribution is -0.0435. The van der Waals surface area contributed by atoms with E-state index in [1.165, 1.54) is 0 Å². The lowest BCUT2D eigenvalue weighted by Crippen LogP contribution is -2.23. The molecule has 0 fully saturated rings. The molecule has 0 bridgehead atoms. The van der Waals surface area contributed by atoms with E-state index >= 15 is 0 Å². The molecule has 0 aliphatic rings. The molecule has 0 aliphatic carbocycles. The van der Waals surface area contributed by atoms with Crippen LogP contribution in [0.15, 0.2) is 33.9 Å². The standard InChI is InChI=1S/C8H4F3NO3S/c9-8(10,11)16(13,14)5-1-2-7-6(3-5)12-4-15-7/h1-4H. The zero-order chi connectivity index (χ0) is 12.0. The molecular formula is C8H4F3NO3S. The van der Waals surface area contributed by atoms with Gasteiger partial charge in [-0.15, -0.1) is 0 Å². The van der Waals surface area contributed by atoms with Crippen molar-refractivity contribution in [2.24, 2.45) is 0 Å². The molecule has 0 saturated heterocycles. The first-order chi connectivity index (χ1) is 7.32. The number of oxazole rings is 1. The summed E-state index contributed by atoms with van der Waals surface area (Å²) in [5.74, 6) is 0. The van der Waals surface area contributed by atoms with Crippen molar-refractivity contribution in [2.75, 3.05) is 0 Å². The van der Waals surface area contributed by atoms with Gasteiger partial charge in [-0.2, -0.15) is 13.2 Å². The van der Waals surface area contributed by atoms with Gasteiger partial charge in [0.25, 0.3) is 9.84 Å². The van der Waals surface area contributed by atoms with Crippen LogP contribution >= 0.6 is 0 Å². The summed E-state index contributed by atoms with van der Waals surface area (Å²) >= 11 is 0. The van der Waals surface area contributed by atoms with E-state index in [1.54, 1.807) is 0 Å². The van der Waals surface area contributed by atoms with Crippen LogP contribution in [-0.2, 0) is 9.84 Å². The zero-order valence-corrected chi connectivity index (χ0v) is 8.34. The summed E-state index contributed by atoms with van der Waals surface area (Å²) in [6.07, 6.45) is 1.02. The van der Waals surface area contributed by atoms with E-state index in [1.807, 2.05) is 0 Å². The van der Waals surface area contributed by atoms with Gasteiger partial charge in [-0.05, 0) is 18.2 Å². The topological polar surface area (TPSA) is 60.2 Å². The second-order valence-corrected chi connectivity index (χ2v) is 4.87. The molecule has 0 spiro atoms. The number of alkyl halides is 3. The van der Waals surface area contributed by atoms with E-state index in [2.05, 4.69) is 4.98 Å². The molecule has 2 aromatic rings. The van der Waals surface area contributed by atoms with Crippen LogP contribution < -0.4 is 0 Å². The van der Waals surface area contributed by atoms with Crippen molar-refractivity contribution < 1.29 is 26.0 Å². The highest BCUT2D eigenvalue weighted by Gasteiger charge is 2.46. The van der Waals surface area contributed by atoms with Gasteiger partial charge < -0.3 is 4.42 Å². The summed E-state index contributed by atoms with van der Waals surface area (Å²) in [6, 6.07) is 2.78. The lowest BCUT2D eigenvalue weighted by atomic mass is 10.3. The summed E-state index contributed by atoms with van der Waals surface area (Å²) in [5.41, 5.74) is -5.03. The third kappa shape index (κ3) is 1.54. The van der Waals surface area contributed by atoms with Crippen molar-refractivity contribution in [1.29, 1.82) is 0 Å². The molecule has 1 heterocycles. The fourth-order valence-corrected chi connectivity index (χ4v) is 1.92. The molecule has 1 aromatic heterocycles. The second kappa shape index (κ2) is 3.21. The molecule has 16 heavy (non-hydrogen) atoms. The van der Waals surface area contributed by atoms with Gasteiger partial charge >= 0.3 is 5.51 Å². The second-order valence-electron chi connectivity index (χ2n) is 2.93. The largest absolute Gasteiger partial charge is 0.501 e. The number of benzene rings is 1. The summed E-state index contributed by atoms with van der Waals surface area (Å²) in [7, 11) is -5.33. The van der Waals surface area contributed by atoms with Crippen molar-refractivity contribution in [3.63, 3.8) is 0 Å².